The molecule has 26 heteroatoms. The third-order valence-corrected chi connectivity index (χ3v) is 18.2. The standard InChI is InChI=1S/C93H180O26/c1-2-3-4-5-6-7-8-9-10-11-37-92-38-40-93(41-39-92)119-91-36-90-118-89-35-88-117-87-34-86-116-85-33-84-115-83-32-82-114-81-31-80-113-79-30-78-112-77-29-76-111-75-28-74-110-73-27-72-109-71-26-70-108-69-25-68-107-67-24-66-106-65-23-64-105-63-22-62-104-61-21-60-103-59-20-58-102-57-19-56-101-55-18-54-100-53-17-52-99-51-16-50-98-49-15-48-97-47-14-46-96-45-13-44-95-43-12-42-94/h38-41,94H,2-37,42-91H2,1H3. The van der Waals surface area contributed by atoms with Gasteiger partial charge in [-0.05, 0) is 185 Å². The van der Waals surface area contributed by atoms with E-state index in [1.54, 1.807) is 0 Å². The maximum atomic E-state index is 8.72. The second-order valence-electron chi connectivity index (χ2n) is 29.7. The molecule has 0 saturated carbocycles. The van der Waals surface area contributed by atoms with Crippen molar-refractivity contribution in [3.8, 4) is 5.75 Å². The third kappa shape index (κ3) is 103. The van der Waals surface area contributed by atoms with Gasteiger partial charge in [0.2, 0.25) is 0 Å². The number of rotatable bonds is 111. The minimum Gasteiger partial charge on any atom is -0.494 e. The van der Waals surface area contributed by atoms with Crippen molar-refractivity contribution in [2.45, 2.75) is 238 Å². The molecule has 0 atom stereocenters. The van der Waals surface area contributed by atoms with E-state index in [-0.39, 0.29) is 6.61 Å². The van der Waals surface area contributed by atoms with Crippen LogP contribution in [0.2, 0.25) is 0 Å². The number of benzene rings is 1. The average Bonchev–Trinajstić information content (AvgIpc) is 0.914. The van der Waals surface area contributed by atoms with Crippen molar-refractivity contribution in [2.75, 3.05) is 330 Å². The molecule has 708 valence electrons. The summed E-state index contributed by atoms with van der Waals surface area (Å²) < 4.78 is 143. The van der Waals surface area contributed by atoms with Crippen LogP contribution in [0.5, 0.6) is 5.75 Å². The van der Waals surface area contributed by atoms with Crippen molar-refractivity contribution in [3.63, 3.8) is 0 Å². The first kappa shape index (κ1) is 115. The summed E-state index contributed by atoms with van der Waals surface area (Å²) >= 11 is 0. The van der Waals surface area contributed by atoms with E-state index in [1.807, 2.05) is 0 Å². The molecule has 0 heterocycles. The molecule has 1 N–H and O–H groups in total. The van der Waals surface area contributed by atoms with Gasteiger partial charge in [-0.2, -0.15) is 0 Å². The van der Waals surface area contributed by atoms with Crippen molar-refractivity contribution >= 4 is 0 Å². The van der Waals surface area contributed by atoms with Gasteiger partial charge in [-0.3, -0.25) is 0 Å². The van der Waals surface area contributed by atoms with Crippen molar-refractivity contribution in [1.82, 2.24) is 0 Å². The van der Waals surface area contributed by atoms with E-state index in [0.717, 1.165) is 166 Å². The summed E-state index contributed by atoms with van der Waals surface area (Å²) in [6, 6.07) is 8.65. The van der Waals surface area contributed by atoms with Gasteiger partial charge < -0.3 is 124 Å². The molecule has 0 aromatic heterocycles. The molecule has 0 amide bonds. The number of hydrogen-bond donors (Lipinski definition) is 1. The lowest BCUT2D eigenvalue weighted by atomic mass is 10.0. The summed E-state index contributed by atoms with van der Waals surface area (Å²) in [5, 5.41) is 8.72. The van der Waals surface area contributed by atoms with Gasteiger partial charge in [0.05, 0.1) is 6.61 Å². The van der Waals surface area contributed by atoms with Crippen LogP contribution in [-0.2, 0) is 120 Å². The van der Waals surface area contributed by atoms with Gasteiger partial charge in [0.25, 0.3) is 0 Å². The maximum Gasteiger partial charge on any atom is 0.119 e. The number of aliphatic hydroxyl groups excluding tert-OH is 1. The fourth-order valence-electron chi connectivity index (χ4n) is 11.6. The Balaban J connectivity index is 1.60. The van der Waals surface area contributed by atoms with Crippen LogP contribution in [0, 0.1) is 0 Å². The van der Waals surface area contributed by atoms with Gasteiger partial charge >= 0.3 is 0 Å². The second-order valence-corrected chi connectivity index (χ2v) is 29.7. The van der Waals surface area contributed by atoms with Gasteiger partial charge in [0.15, 0.2) is 0 Å². The van der Waals surface area contributed by atoms with E-state index in [2.05, 4.69) is 31.2 Å². The van der Waals surface area contributed by atoms with Crippen LogP contribution in [-0.4, -0.2) is 335 Å². The molecule has 0 fully saturated rings. The monoisotopic (exact) mass is 1710 g/mol. The molecule has 0 spiro atoms. The Kier molecular flexibility index (Phi) is 105. The molecule has 1 rings (SSSR count). The minimum absolute atomic E-state index is 0.174. The van der Waals surface area contributed by atoms with Gasteiger partial charge in [0, 0.05) is 330 Å². The second kappa shape index (κ2) is 108. The molecule has 119 heavy (non-hydrogen) atoms. The predicted molar refractivity (Wildman–Crippen MR) is 470 cm³/mol. The zero-order valence-electron chi connectivity index (χ0n) is 75.8. The molecule has 0 unspecified atom stereocenters. The molecular weight excluding hydrogens is 1530 g/mol. The summed E-state index contributed by atoms with van der Waals surface area (Å²) in [7, 11) is 0. The van der Waals surface area contributed by atoms with Crippen LogP contribution in [0.15, 0.2) is 24.3 Å². The highest BCUT2D eigenvalue weighted by atomic mass is 16.6. The van der Waals surface area contributed by atoms with Crippen LogP contribution in [0.25, 0.3) is 0 Å². The summed E-state index contributed by atoms with van der Waals surface area (Å²) in [4.78, 5) is 0. The van der Waals surface area contributed by atoms with E-state index in [9.17, 15) is 0 Å². The molecule has 0 bridgehead atoms. The molecule has 0 aliphatic carbocycles. The molecule has 0 aliphatic rings. The van der Waals surface area contributed by atoms with Gasteiger partial charge in [-0.25, -0.2) is 0 Å². The fourth-order valence-corrected chi connectivity index (χ4v) is 11.6. The lowest BCUT2D eigenvalue weighted by Gasteiger charge is -2.09. The Morgan fingerprint density at radius 3 is 0.437 bits per heavy atom. The van der Waals surface area contributed by atoms with Crippen molar-refractivity contribution in [3.05, 3.63) is 29.8 Å². The van der Waals surface area contributed by atoms with Crippen LogP contribution < -0.4 is 4.74 Å². The third-order valence-electron chi connectivity index (χ3n) is 18.2. The van der Waals surface area contributed by atoms with Crippen molar-refractivity contribution in [2.24, 2.45) is 0 Å². The van der Waals surface area contributed by atoms with Gasteiger partial charge in [0.1, 0.15) is 5.75 Å². The highest BCUT2D eigenvalue weighted by Gasteiger charge is 2.06. The van der Waals surface area contributed by atoms with Crippen LogP contribution in [0.4, 0.5) is 0 Å². The Morgan fingerprint density at radius 1 is 0.151 bits per heavy atom. The van der Waals surface area contributed by atoms with E-state index in [0.29, 0.717) is 330 Å². The lowest BCUT2D eigenvalue weighted by Crippen LogP contribution is -2.09. The molecule has 0 aliphatic heterocycles. The van der Waals surface area contributed by atoms with E-state index < -0.39 is 0 Å². The molecule has 0 saturated heterocycles. The smallest absolute Gasteiger partial charge is 0.119 e. The highest BCUT2D eigenvalue weighted by molar-refractivity contribution is 5.27. The Labute approximate surface area is 724 Å². The zero-order valence-corrected chi connectivity index (χ0v) is 75.8. The molecule has 26 nitrogen and oxygen atoms in total. The first-order valence-corrected chi connectivity index (χ1v) is 47.5. The molecular formula is C93H180O26. The topological polar surface area (TPSA) is 251 Å². The van der Waals surface area contributed by atoms with Crippen LogP contribution in [0.3, 0.4) is 0 Å². The largest absolute Gasteiger partial charge is 0.494 e. The zero-order chi connectivity index (χ0) is 84.5. The quantitative estimate of drug-likeness (QED) is 0.0595. The highest BCUT2D eigenvalue weighted by Crippen LogP contribution is 2.17. The normalized spacial score (nSPS) is 11.8. The van der Waals surface area contributed by atoms with Gasteiger partial charge in [-0.1, -0.05) is 76.8 Å². The molecule has 1 aromatic rings. The van der Waals surface area contributed by atoms with E-state index in [1.165, 1.54) is 69.8 Å². The van der Waals surface area contributed by atoms with Crippen molar-refractivity contribution in [1.29, 1.82) is 0 Å². The Hall–Kier alpha value is -1.98. The number of ether oxygens (including phenoxy) is 25. The SMILES string of the molecule is CCCCCCCCCCCCc1ccc(OCCCOCCCOCCCOCCCOCCCOCCCOCCCOCCCOCCCOCCCOCCCOCCCOCCCOCCCOCCCOCCCOCCCOCCCOCCCOCCCOCCCOCCCOCCCOCCCOCCCO)cc1. The number of aliphatic hydroxyl groups is 1. The first-order valence-electron chi connectivity index (χ1n) is 47.5. The lowest BCUT2D eigenvalue weighted by molar-refractivity contribution is 0.0389. The summed E-state index contributed by atoms with van der Waals surface area (Å²) in [6.07, 6.45) is 36.8. The van der Waals surface area contributed by atoms with E-state index in [4.69, 9.17) is 124 Å². The predicted octanol–water partition coefficient (Wildman–Crippen LogP) is 15.7. The Bertz CT molecular complexity index is 1930. The van der Waals surface area contributed by atoms with Crippen molar-refractivity contribution < 1.29 is 124 Å². The minimum atomic E-state index is 0.174. The molecule has 0 radical (unpaired) electrons. The van der Waals surface area contributed by atoms with E-state index >= 15 is 0 Å². The summed E-state index contributed by atoms with van der Waals surface area (Å²) in [5.74, 6) is 0.944. The Morgan fingerprint density at radius 2 is 0.286 bits per heavy atom. The van der Waals surface area contributed by atoms with Crippen LogP contribution >= 0.6 is 0 Å². The van der Waals surface area contributed by atoms with Gasteiger partial charge in [-0.15, -0.1) is 0 Å². The summed E-state index contributed by atoms with van der Waals surface area (Å²) in [5.41, 5.74) is 1.41. The summed E-state index contributed by atoms with van der Waals surface area (Å²) in [6.45, 7) is 36.5. The average molecular weight is 1710 g/mol. The first-order chi connectivity index (χ1) is 59.4. The molecule has 1 aromatic carbocycles. The van der Waals surface area contributed by atoms with Crippen LogP contribution in [0.1, 0.15) is 237 Å². The fraction of sp³-hybridized carbons (Fsp3) is 0.935. The number of aryl methyl sites for hydroxylation is 1. The maximum absolute atomic E-state index is 8.72. The number of hydrogen-bond acceptors (Lipinski definition) is 26. The number of unbranched alkanes of at least 4 members (excludes halogenated alkanes) is 9.